The molecular weight excluding hydrogens is 705 g/mol. The zero-order valence-corrected chi connectivity index (χ0v) is 40.8. The Balaban J connectivity index is 3.12. The minimum Gasteiger partial charge on any atom is -0.466 e. The summed E-state index contributed by atoms with van der Waals surface area (Å²) in [4.78, 5) is 12.0. The summed E-state index contributed by atoms with van der Waals surface area (Å²) in [5.74, 6) is 0.0338. The van der Waals surface area contributed by atoms with Gasteiger partial charge in [0.25, 0.3) is 0 Å². The van der Waals surface area contributed by atoms with Crippen molar-refractivity contribution in [1.82, 2.24) is 0 Å². The molecule has 0 atom stereocenters. The third-order valence-corrected chi connectivity index (χ3v) is 13.2. The highest BCUT2D eigenvalue weighted by Crippen LogP contribution is 2.18. The first-order valence-electron chi connectivity index (χ1n) is 28.0. The number of carbonyl (C=O) groups is 1. The fourth-order valence-corrected chi connectivity index (χ4v) is 9.08. The number of rotatable bonds is 53. The Morgan fingerprint density at radius 2 is 0.379 bits per heavy atom. The van der Waals surface area contributed by atoms with E-state index in [1.165, 1.54) is 315 Å². The SMILES string of the molecule is CCCCCCCCCCCCCCCCCCCCCCCCCCCCCCCCCCCCCCC(=O)OCCCCCCCCCCCCCCCCC. The van der Waals surface area contributed by atoms with E-state index in [9.17, 15) is 4.79 Å². The molecule has 0 heterocycles. The van der Waals surface area contributed by atoms with Gasteiger partial charge in [-0.25, -0.2) is 0 Å². The van der Waals surface area contributed by atoms with Gasteiger partial charge in [0.1, 0.15) is 0 Å². The Morgan fingerprint density at radius 3 is 0.569 bits per heavy atom. The largest absolute Gasteiger partial charge is 0.466 e. The minimum absolute atomic E-state index is 0.0338. The summed E-state index contributed by atoms with van der Waals surface area (Å²) in [6.45, 7) is 5.24. The van der Waals surface area contributed by atoms with Crippen LogP contribution < -0.4 is 0 Å². The average Bonchev–Trinajstić information content (AvgIpc) is 3.23. The summed E-state index contributed by atoms with van der Waals surface area (Å²) in [7, 11) is 0. The third kappa shape index (κ3) is 53.5. The average molecular weight is 818 g/mol. The van der Waals surface area contributed by atoms with Crippen molar-refractivity contribution in [3.8, 4) is 0 Å². The maximum Gasteiger partial charge on any atom is 0.305 e. The lowest BCUT2D eigenvalue weighted by molar-refractivity contribution is -0.143. The van der Waals surface area contributed by atoms with Crippen molar-refractivity contribution < 1.29 is 9.53 Å². The van der Waals surface area contributed by atoms with E-state index in [0.29, 0.717) is 13.0 Å². The molecule has 0 saturated heterocycles. The molecule has 0 aliphatic heterocycles. The molecule has 0 aliphatic carbocycles. The molecule has 0 aromatic rings. The molecule has 0 rings (SSSR count). The molecule has 0 N–H and O–H groups in total. The van der Waals surface area contributed by atoms with E-state index in [2.05, 4.69) is 13.8 Å². The van der Waals surface area contributed by atoms with E-state index < -0.39 is 0 Å². The van der Waals surface area contributed by atoms with Gasteiger partial charge in [0, 0.05) is 6.42 Å². The van der Waals surface area contributed by atoms with Crippen LogP contribution in [0, 0.1) is 0 Å². The molecule has 0 unspecified atom stereocenters. The fraction of sp³-hybridized carbons (Fsp3) is 0.982. The van der Waals surface area contributed by atoms with Crippen molar-refractivity contribution >= 4 is 5.97 Å². The van der Waals surface area contributed by atoms with Gasteiger partial charge in [-0.15, -0.1) is 0 Å². The maximum absolute atomic E-state index is 12.0. The molecule has 0 spiro atoms. The second kappa shape index (κ2) is 54.5. The minimum atomic E-state index is 0.0338. The number of hydrogen-bond donors (Lipinski definition) is 0. The Morgan fingerprint density at radius 1 is 0.224 bits per heavy atom. The molecule has 0 radical (unpaired) electrons. The lowest BCUT2D eigenvalue weighted by atomic mass is 10.0. The molecule has 348 valence electrons. The fourth-order valence-electron chi connectivity index (χ4n) is 9.08. The number of carbonyl (C=O) groups excluding carboxylic acids is 1. The Kier molecular flexibility index (Phi) is 54.0. The van der Waals surface area contributed by atoms with Crippen LogP contribution in [0.2, 0.25) is 0 Å². The van der Waals surface area contributed by atoms with Crippen LogP contribution in [0.3, 0.4) is 0 Å². The number of esters is 1. The van der Waals surface area contributed by atoms with Crippen LogP contribution in [0.15, 0.2) is 0 Å². The van der Waals surface area contributed by atoms with Gasteiger partial charge in [0.05, 0.1) is 6.61 Å². The van der Waals surface area contributed by atoms with E-state index in [0.717, 1.165) is 12.8 Å². The second-order valence-corrected chi connectivity index (χ2v) is 19.3. The summed E-state index contributed by atoms with van der Waals surface area (Å²) < 4.78 is 5.49. The Hall–Kier alpha value is -0.530. The molecule has 58 heavy (non-hydrogen) atoms. The summed E-state index contributed by atoms with van der Waals surface area (Å²) >= 11 is 0. The summed E-state index contributed by atoms with van der Waals surface area (Å²) in [6, 6.07) is 0. The highest BCUT2D eigenvalue weighted by atomic mass is 16.5. The van der Waals surface area contributed by atoms with Gasteiger partial charge in [-0.2, -0.15) is 0 Å². The molecule has 0 saturated carbocycles. The summed E-state index contributed by atoms with van der Waals surface area (Å²) in [5, 5.41) is 0. The van der Waals surface area contributed by atoms with Crippen molar-refractivity contribution in [3.05, 3.63) is 0 Å². The van der Waals surface area contributed by atoms with Gasteiger partial charge in [-0.3, -0.25) is 4.79 Å². The van der Waals surface area contributed by atoms with Crippen LogP contribution in [0.4, 0.5) is 0 Å². The van der Waals surface area contributed by atoms with Crippen molar-refractivity contribution in [1.29, 1.82) is 0 Å². The molecule has 0 fully saturated rings. The lowest BCUT2D eigenvalue weighted by Crippen LogP contribution is -2.05. The van der Waals surface area contributed by atoms with Crippen molar-refractivity contribution in [2.24, 2.45) is 0 Å². The third-order valence-electron chi connectivity index (χ3n) is 13.2. The van der Waals surface area contributed by atoms with Crippen LogP contribution in [0.1, 0.15) is 348 Å². The van der Waals surface area contributed by atoms with Crippen molar-refractivity contribution in [2.45, 2.75) is 348 Å². The molecule has 2 nitrogen and oxygen atoms in total. The first-order valence-corrected chi connectivity index (χ1v) is 28.0. The van der Waals surface area contributed by atoms with Crippen molar-refractivity contribution in [3.63, 3.8) is 0 Å². The highest BCUT2D eigenvalue weighted by Gasteiger charge is 2.03. The van der Waals surface area contributed by atoms with E-state index in [4.69, 9.17) is 4.74 Å². The van der Waals surface area contributed by atoms with Gasteiger partial charge in [0.2, 0.25) is 0 Å². The Labute approximate surface area is 368 Å². The maximum atomic E-state index is 12.0. The van der Waals surface area contributed by atoms with Crippen LogP contribution in [0.5, 0.6) is 0 Å². The van der Waals surface area contributed by atoms with Crippen LogP contribution in [0.25, 0.3) is 0 Å². The molecule has 2 heteroatoms. The van der Waals surface area contributed by atoms with E-state index in [1.54, 1.807) is 0 Å². The standard InChI is InChI=1S/C56H112O2/c1-3-5-7-9-11-13-15-17-19-20-21-22-23-24-25-26-27-28-29-30-31-32-33-34-35-36-37-38-39-40-42-44-46-48-50-52-54-56(57)58-55-53-51-49-47-45-43-41-18-16-14-12-10-8-6-4-2/h3-55H2,1-2H3. The quantitative estimate of drug-likeness (QED) is 0.0451. The van der Waals surface area contributed by atoms with Gasteiger partial charge in [-0.1, -0.05) is 328 Å². The highest BCUT2D eigenvalue weighted by molar-refractivity contribution is 5.69. The molecular formula is C56H112O2. The number of hydrogen-bond acceptors (Lipinski definition) is 2. The van der Waals surface area contributed by atoms with Gasteiger partial charge in [0.15, 0.2) is 0 Å². The van der Waals surface area contributed by atoms with Crippen LogP contribution in [-0.2, 0) is 9.53 Å². The van der Waals surface area contributed by atoms with Crippen LogP contribution in [-0.4, -0.2) is 12.6 Å². The molecule has 0 aromatic carbocycles. The topological polar surface area (TPSA) is 26.3 Å². The number of unbranched alkanes of at least 4 members (excludes halogenated alkanes) is 49. The molecule has 0 bridgehead atoms. The van der Waals surface area contributed by atoms with Crippen molar-refractivity contribution in [2.75, 3.05) is 6.61 Å². The summed E-state index contributed by atoms with van der Waals surface area (Å²) in [6.07, 6.45) is 72.9. The van der Waals surface area contributed by atoms with E-state index >= 15 is 0 Å². The molecule has 0 amide bonds. The monoisotopic (exact) mass is 817 g/mol. The molecule has 0 aliphatic rings. The second-order valence-electron chi connectivity index (χ2n) is 19.3. The smallest absolute Gasteiger partial charge is 0.305 e. The summed E-state index contributed by atoms with van der Waals surface area (Å²) in [5.41, 5.74) is 0. The zero-order valence-electron chi connectivity index (χ0n) is 40.8. The lowest BCUT2D eigenvalue weighted by Gasteiger charge is -2.06. The van der Waals surface area contributed by atoms with E-state index in [-0.39, 0.29) is 5.97 Å². The Bertz CT molecular complexity index is 717. The first-order chi connectivity index (χ1) is 28.8. The first kappa shape index (κ1) is 57.5. The predicted octanol–water partition coefficient (Wildman–Crippen LogP) is 20.9. The number of ether oxygens (including phenoxy) is 1. The normalized spacial score (nSPS) is 11.6. The van der Waals surface area contributed by atoms with Crippen LogP contribution >= 0.6 is 0 Å². The van der Waals surface area contributed by atoms with Gasteiger partial charge < -0.3 is 4.74 Å². The predicted molar refractivity (Wildman–Crippen MR) is 262 cm³/mol. The van der Waals surface area contributed by atoms with E-state index in [1.807, 2.05) is 0 Å². The zero-order chi connectivity index (χ0) is 41.8. The molecule has 0 aromatic heterocycles. The van der Waals surface area contributed by atoms with Gasteiger partial charge in [-0.05, 0) is 12.8 Å². The van der Waals surface area contributed by atoms with Gasteiger partial charge >= 0.3 is 5.97 Å².